The summed E-state index contributed by atoms with van der Waals surface area (Å²) >= 11 is 0. The van der Waals surface area contributed by atoms with Crippen LogP contribution in [0.5, 0.6) is 0 Å². The molecule has 20 heavy (non-hydrogen) atoms. The van der Waals surface area contributed by atoms with Crippen LogP contribution in [0, 0.1) is 5.92 Å². The molecule has 1 aliphatic rings. The molecule has 0 aromatic heterocycles. The molecule has 0 bridgehead atoms. The number of nitrogens with one attached hydrogen (secondary N) is 1. The quantitative estimate of drug-likeness (QED) is 0.794. The summed E-state index contributed by atoms with van der Waals surface area (Å²) in [5.41, 5.74) is 0. The Morgan fingerprint density at radius 3 is 1.80 bits per heavy atom. The van der Waals surface area contributed by atoms with Crippen LogP contribution in [0.15, 0.2) is 0 Å². The molecule has 0 saturated carbocycles. The third-order valence-electron chi connectivity index (χ3n) is 3.60. The van der Waals surface area contributed by atoms with Crippen molar-refractivity contribution in [3.05, 3.63) is 0 Å². The Bertz CT molecular complexity index is 323. The lowest BCUT2D eigenvalue weighted by Gasteiger charge is -2.35. The van der Waals surface area contributed by atoms with E-state index in [1.165, 1.54) is 0 Å². The lowest BCUT2D eigenvalue weighted by Crippen LogP contribution is -2.51. The fourth-order valence-electron chi connectivity index (χ4n) is 2.50. The molecule has 0 radical (unpaired) electrons. The molecule has 116 valence electrons. The average molecular weight is 283 g/mol. The van der Waals surface area contributed by atoms with Gasteiger partial charge in [-0.15, -0.1) is 0 Å². The van der Waals surface area contributed by atoms with Crippen molar-refractivity contribution in [3.63, 3.8) is 0 Å². The Morgan fingerprint density at radius 2 is 1.40 bits per heavy atom. The van der Waals surface area contributed by atoms with Crippen molar-refractivity contribution in [1.29, 1.82) is 0 Å². The van der Waals surface area contributed by atoms with Crippen LogP contribution >= 0.6 is 0 Å². The Labute approximate surface area is 122 Å². The van der Waals surface area contributed by atoms with Crippen molar-refractivity contribution in [3.8, 4) is 0 Å². The molecule has 0 spiro atoms. The summed E-state index contributed by atoms with van der Waals surface area (Å²) in [5.74, 6) is 0.797. The van der Waals surface area contributed by atoms with Gasteiger partial charge in [0, 0.05) is 45.1 Å². The molecular formula is C15H29N3O2. The second kappa shape index (κ2) is 8.25. The molecule has 1 fully saturated rings. The molecule has 5 heteroatoms. The van der Waals surface area contributed by atoms with Gasteiger partial charge >= 0.3 is 0 Å². The van der Waals surface area contributed by atoms with Crippen LogP contribution in [0.3, 0.4) is 0 Å². The van der Waals surface area contributed by atoms with Crippen LogP contribution in [-0.2, 0) is 9.59 Å². The Morgan fingerprint density at radius 1 is 0.950 bits per heavy atom. The van der Waals surface area contributed by atoms with Crippen LogP contribution in [0.1, 0.15) is 40.5 Å². The maximum absolute atomic E-state index is 12.1. The summed E-state index contributed by atoms with van der Waals surface area (Å²) in [5, 5.41) is 3.25. The van der Waals surface area contributed by atoms with Gasteiger partial charge in [0.15, 0.2) is 0 Å². The molecule has 1 atom stereocenters. The molecule has 1 unspecified atom stereocenters. The molecule has 1 aliphatic heterocycles. The van der Waals surface area contributed by atoms with E-state index in [0.29, 0.717) is 44.9 Å². The number of piperazine rings is 1. The van der Waals surface area contributed by atoms with Gasteiger partial charge in [0.1, 0.15) is 0 Å². The first-order chi connectivity index (χ1) is 9.43. The first kappa shape index (κ1) is 17.0. The molecule has 1 rings (SSSR count). The highest BCUT2D eigenvalue weighted by molar-refractivity contribution is 5.78. The van der Waals surface area contributed by atoms with Crippen molar-refractivity contribution < 1.29 is 9.59 Å². The van der Waals surface area contributed by atoms with Crippen molar-refractivity contribution in [1.82, 2.24) is 15.1 Å². The number of amides is 2. The van der Waals surface area contributed by atoms with Crippen LogP contribution in [0.2, 0.25) is 0 Å². The summed E-state index contributed by atoms with van der Waals surface area (Å²) in [6, 6.07) is 0.216. The highest BCUT2D eigenvalue weighted by Crippen LogP contribution is 2.09. The lowest BCUT2D eigenvalue weighted by molar-refractivity contribution is -0.140. The second-order valence-corrected chi connectivity index (χ2v) is 6.02. The van der Waals surface area contributed by atoms with Gasteiger partial charge in [-0.25, -0.2) is 0 Å². The predicted octanol–water partition coefficient (Wildman–Crippen LogP) is 1.09. The summed E-state index contributed by atoms with van der Waals surface area (Å²) in [6.07, 6.45) is 1.14. The van der Waals surface area contributed by atoms with Gasteiger partial charge in [0.2, 0.25) is 11.8 Å². The van der Waals surface area contributed by atoms with Gasteiger partial charge in [-0.1, -0.05) is 20.8 Å². The Balaban J connectivity index is 2.34. The van der Waals surface area contributed by atoms with Crippen molar-refractivity contribution in [2.24, 2.45) is 5.92 Å². The standard InChI is InChI=1S/C15H29N3O2/c1-5-16-13(4)11-15(20)18-8-6-17(7-9-18)14(19)10-12(2)3/h12-13,16H,5-11H2,1-4H3. The van der Waals surface area contributed by atoms with Crippen LogP contribution in [-0.4, -0.2) is 60.4 Å². The normalized spacial score (nSPS) is 17.4. The van der Waals surface area contributed by atoms with Gasteiger partial charge in [0.25, 0.3) is 0 Å². The molecule has 0 aromatic carbocycles. The monoisotopic (exact) mass is 283 g/mol. The van der Waals surface area contributed by atoms with Crippen molar-refractivity contribution in [2.75, 3.05) is 32.7 Å². The van der Waals surface area contributed by atoms with E-state index in [2.05, 4.69) is 19.2 Å². The third kappa shape index (κ3) is 5.49. The Hall–Kier alpha value is -1.10. The van der Waals surface area contributed by atoms with Gasteiger partial charge in [-0.2, -0.15) is 0 Å². The smallest absolute Gasteiger partial charge is 0.224 e. The van der Waals surface area contributed by atoms with E-state index in [4.69, 9.17) is 0 Å². The predicted molar refractivity (Wildman–Crippen MR) is 80.4 cm³/mol. The lowest BCUT2D eigenvalue weighted by atomic mass is 10.1. The topological polar surface area (TPSA) is 52.7 Å². The Kier molecular flexibility index (Phi) is 6.99. The van der Waals surface area contributed by atoms with Crippen LogP contribution in [0.4, 0.5) is 0 Å². The molecule has 1 saturated heterocycles. The van der Waals surface area contributed by atoms with Crippen LogP contribution in [0.25, 0.3) is 0 Å². The first-order valence-electron chi connectivity index (χ1n) is 7.73. The minimum absolute atomic E-state index is 0.189. The van der Waals surface area contributed by atoms with Crippen molar-refractivity contribution >= 4 is 11.8 Å². The minimum atomic E-state index is 0.189. The minimum Gasteiger partial charge on any atom is -0.339 e. The fraction of sp³-hybridized carbons (Fsp3) is 0.867. The number of hydrogen-bond donors (Lipinski definition) is 1. The van der Waals surface area contributed by atoms with E-state index >= 15 is 0 Å². The number of nitrogens with zero attached hydrogens (tertiary/aromatic N) is 2. The molecule has 2 amide bonds. The van der Waals surface area contributed by atoms with E-state index in [-0.39, 0.29) is 17.9 Å². The van der Waals surface area contributed by atoms with Crippen LogP contribution < -0.4 is 5.32 Å². The number of rotatable bonds is 6. The highest BCUT2D eigenvalue weighted by Gasteiger charge is 2.24. The van der Waals surface area contributed by atoms with E-state index in [1.807, 2.05) is 23.6 Å². The zero-order valence-corrected chi connectivity index (χ0v) is 13.3. The van der Waals surface area contributed by atoms with Gasteiger partial charge in [-0.3, -0.25) is 9.59 Å². The van der Waals surface area contributed by atoms with Gasteiger partial charge in [0.05, 0.1) is 0 Å². The summed E-state index contributed by atoms with van der Waals surface area (Å²) in [4.78, 5) is 27.8. The maximum Gasteiger partial charge on any atom is 0.224 e. The maximum atomic E-state index is 12.1. The van der Waals surface area contributed by atoms with E-state index in [0.717, 1.165) is 6.54 Å². The first-order valence-corrected chi connectivity index (χ1v) is 7.73. The molecule has 1 N–H and O–H groups in total. The molecule has 1 heterocycles. The number of carbonyl (C=O) groups excluding carboxylic acids is 2. The summed E-state index contributed by atoms with van der Waals surface area (Å²) in [7, 11) is 0. The highest BCUT2D eigenvalue weighted by atomic mass is 16.2. The zero-order valence-electron chi connectivity index (χ0n) is 13.3. The van der Waals surface area contributed by atoms with Gasteiger partial charge in [-0.05, 0) is 19.4 Å². The summed E-state index contributed by atoms with van der Waals surface area (Å²) < 4.78 is 0. The molecular weight excluding hydrogens is 254 g/mol. The van der Waals surface area contributed by atoms with E-state index in [9.17, 15) is 9.59 Å². The average Bonchev–Trinajstić information content (AvgIpc) is 2.38. The second-order valence-electron chi connectivity index (χ2n) is 6.02. The summed E-state index contributed by atoms with van der Waals surface area (Å²) in [6.45, 7) is 11.7. The SMILES string of the molecule is CCNC(C)CC(=O)N1CCN(C(=O)CC(C)C)CC1. The largest absolute Gasteiger partial charge is 0.339 e. The van der Waals surface area contributed by atoms with E-state index in [1.54, 1.807) is 0 Å². The molecule has 0 aromatic rings. The molecule has 5 nitrogen and oxygen atoms in total. The number of hydrogen-bond acceptors (Lipinski definition) is 3. The van der Waals surface area contributed by atoms with Gasteiger partial charge < -0.3 is 15.1 Å². The number of carbonyl (C=O) groups is 2. The van der Waals surface area contributed by atoms with E-state index < -0.39 is 0 Å². The van der Waals surface area contributed by atoms with Crippen molar-refractivity contribution in [2.45, 2.75) is 46.6 Å². The zero-order chi connectivity index (χ0) is 15.1. The molecule has 0 aliphatic carbocycles. The fourth-order valence-corrected chi connectivity index (χ4v) is 2.50. The third-order valence-corrected chi connectivity index (χ3v) is 3.60.